The van der Waals surface area contributed by atoms with Crippen molar-refractivity contribution in [2.75, 3.05) is 11.9 Å². The molecule has 134 valence electrons. The summed E-state index contributed by atoms with van der Waals surface area (Å²) in [6, 6.07) is 17.1. The summed E-state index contributed by atoms with van der Waals surface area (Å²) in [5, 5.41) is 6.83. The number of carbonyl (C=O) groups is 1. The standard InChI is InChI=1S/C21H23N3O2/c1-14(2)19(24-15-8-4-3-5-9-15)13-23-21(26)17-12-22-18-11-7-6-10-16(18)20(17)25/h3-12,14,19,24H,13H2,1-2H3,(H,22,25)(H,23,26). The van der Waals surface area contributed by atoms with Crippen LogP contribution in [-0.4, -0.2) is 23.5 Å². The molecule has 1 aromatic heterocycles. The summed E-state index contributed by atoms with van der Waals surface area (Å²) in [5.74, 6) is -0.0529. The fourth-order valence-corrected chi connectivity index (χ4v) is 2.84. The van der Waals surface area contributed by atoms with Crippen LogP contribution in [0.5, 0.6) is 0 Å². The second kappa shape index (κ2) is 7.87. The molecule has 1 amide bonds. The number of hydrogen-bond acceptors (Lipinski definition) is 3. The third kappa shape index (κ3) is 3.94. The highest BCUT2D eigenvalue weighted by Crippen LogP contribution is 2.12. The molecule has 0 aliphatic carbocycles. The Morgan fingerprint density at radius 2 is 1.73 bits per heavy atom. The Kier molecular flexibility index (Phi) is 5.37. The minimum atomic E-state index is -0.363. The lowest BCUT2D eigenvalue weighted by atomic mass is 10.0. The molecule has 3 aromatic rings. The van der Waals surface area contributed by atoms with Crippen molar-refractivity contribution < 1.29 is 4.79 Å². The van der Waals surface area contributed by atoms with Gasteiger partial charge in [0.05, 0.1) is 0 Å². The van der Waals surface area contributed by atoms with Crippen molar-refractivity contribution >= 4 is 22.5 Å². The van der Waals surface area contributed by atoms with E-state index in [2.05, 4.69) is 29.5 Å². The van der Waals surface area contributed by atoms with E-state index in [0.717, 1.165) is 11.2 Å². The van der Waals surface area contributed by atoms with Crippen molar-refractivity contribution in [2.24, 2.45) is 5.92 Å². The van der Waals surface area contributed by atoms with Crippen molar-refractivity contribution in [2.45, 2.75) is 19.9 Å². The Hall–Kier alpha value is -3.08. The van der Waals surface area contributed by atoms with Gasteiger partial charge in [-0.1, -0.05) is 44.2 Å². The molecular formula is C21H23N3O2. The van der Waals surface area contributed by atoms with Crippen LogP contribution in [0.1, 0.15) is 24.2 Å². The number of anilines is 1. The van der Waals surface area contributed by atoms with Gasteiger partial charge >= 0.3 is 0 Å². The minimum absolute atomic E-state index is 0.0564. The first kappa shape index (κ1) is 17.7. The maximum Gasteiger partial charge on any atom is 0.256 e. The highest BCUT2D eigenvalue weighted by molar-refractivity contribution is 5.97. The van der Waals surface area contributed by atoms with Crippen LogP contribution < -0.4 is 16.1 Å². The number of aromatic amines is 1. The zero-order valence-corrected chi connectivity index (χ0v) is 15.0. The van der Waals surface area contributed by atoms with Crippen molar-refractivity contribution in [1.82, 2.24) is 10.3 Å². The number of para-hydroxylation sites is 2. The zero-order chi connectivity index (χ0) is 18.5. The van der Waals surface area contributed by atoms with E-state index in [1.54, 1.807) is 12.1 Å². The predicted octanol–water partition coefficient (Wildman–Crippen LogP) is 3.39. The van der Waals surface area contributed by atoms with Gasteiger partial charge in [-0.05, 0) is 30.2 Å². The van der Waals surface area contributed by atoms with E-state index in [9.17, 15) is 9.59 Å². The highest BCUT2D eigenvalue weighted by atomic mass is 16.2. The minimum Gasteiger partial charge on any atom is -0.380 e. The summed E-state index contributed by atoms with van der Waals surface area (Å²) in [5.41, 5.74) is 1.60. The van der Waals surface area contributed by atoms with Crippen LogP contribution in [0, 0.1) is 5.92 Å². The van der Waals surface area contributed by atoms with Crippen molar-refractivity contribution in [1.29, 1.82) is 0 Å². The number of pyridine rings is 1. The summed E-state index contributed by atoms with van der Waals surface area (Å²) >= 11 is 0. The van der Waals surface area contributed by atoms with Gasteiger partial charge in [0.2, 0.25) is 5.43 Å². The van der Waals surface area contributed by atoms with Crippen LogP contribution >= 0.6 is 0 Å². The first-order chi connectivity index (χ1) is 12.6. The fourth-order valence-electron chi connectivity index (χ4n) is 2.84. The van der Waals surface area contributed by atoms with Crippen LogP contribution in [0.25, 0.3) is 10.9 Å². The average Bonchev–Trinajstić information content (AvgIpc) is 2.66. The number of H-pyrrole nitrogens is 1. The summed E-state index contributed by atoms with van der Waals surface area (Å²) in [6.45, 7) is 4.61. The topological polar surface area (TPSA) is 74.0 Å². The molecule has 1 atom stereocenters. The molecule has 0 saturated carbocycles. The highest BCUT2D eigenvalue weighted by Gasteiger charge is 2.17. The van der Waals surface area contributed by atoms with Crippen LogP contribution in [-0.2, 0) is 0 Å². The molecule has 5 heteroatoms. The van der Waals surface area contributed by atoms with Gasteiger partial charge in [-0.3, -0.25) is 9.59 Å². The normalized spacial score (nSPS) is 12.1. The van der Waals surface area contributed by atoms with Crippen LogP contribution in [0.2, 0.25) is 0 Å². The van der Waals surface area contributed by atoms with Gasteiger partial charge in [0.15, 0.2) is 0 Å². The summed E-state index contributed by atoms with van der Waals surface area (Å²) < 4.78 is 0. The summed E-state index contributed by atoms with van der Waals surface area (Å²) in [4.78, 5) is 28.1. The van der Waals surface area contributed by atoms with Gasteiger partial charge < -0.3 is 15.6 Å². The van der Waals surface area contributed by atoms with Crippen molar-refractivity contribution in [3.8, 4) is 0 Å². The lowest BCUT2D eigenvalue weighted by Crippen LogP contribution is -2.40. The molecule has 0 fully saturated rings. The maximum atomic E-state index is 12.5. The van der Waals surface area contributed by atoms with E-state index in [1.807, 2.05) is 42.5 Å². The molecule has 26 heavy (non-hydrogen) atoms. The van der Waals surface area contributed by atoms with Gasteiger partial charge in [0.25, 0.3) is 5.91 Å². The molecular weight excluding hydrogens is 326 g/mol. The number of fused-ring (bicyclic) bond motifs is 1. The van der Waals surface area contributed by atoms with Gasteiger partial charge in [0.1, 0.15) is 5.56 Å². The molecule has 0 aliphatic heterocycles. The number of benzene rings is 2. The Bertz CT molecular complexity index is 948. The molecule has 3 N–H and O–H groups in total. The number of carbonyl (C=O) groups excluding carboxylic acids is 1. The first-order valence-corrected chi connectivity index (χ1v) is 8.76. The maximum absolute atomic E-state index is 12.5. The van der Waals surface area contributed by atoms with Crippen LogP contribution in [0.4, 0.5) is 5.69 Å². The Balaban J connectivity index is 1.72. The van der Waals surface area contributed by atoms with Crippen molar-refractivity contribution in [3.05, 3.63) is 76.6 Å². The molecule has 3 rings (SSSR count). The lowest BCUT2D eigenvalue weighted by Gasteiger charge is -2.24. The number of aromatic nitrogens is 1. The number of hydrogen-bond donors (Lipinski definition) is 3. The molecule has 0 radical (unpaired) electrons. The average molecular weight is 349 g/mol. The van der Waals surface area contributed by atoms with Crippen molar-refractivity contribution in [3.63, 3.8) is 0 Å². The molecule has 5 nitrogen and oxygen atoms in total. The van der Waals surface area contributed by atoms with Gasteiger partial charge in [0, 0.05) is 35.4 Å². The first-order valence-electron chi connectivity index (χ1n) is 8.76. The van der Waals surface area contributed by atoms with E-state index in [0.29, 0.717) is 17.8 Å². The van der Waals surface area contributed by atoms with E-state index in [-0.39, 0.29) is 22.9 Å². The van der Waals surface area contributed by atoms with Crippen LogP contribution in [0.15, 0.2) is 65.6 Å². The third-order valence-corrected chi connectivity index (χ3v) is 4.45. The third-order valence-electron chi connectivity index (χ3n) is 4.45. The van der Waals surface area contributed by atoms with Crippen LogP contribution in [0.3, 0.4) is 0 Å². The van der Waals surface area contributed by atoms with Gasteiger partial charge in [-0.15, -0.1) is 0 Å². The van der Waals surface area contributed by atoms with Gasteiger partial charge in [-0.2, -0.15) is 0 Å². The lowest BCUT2D eigenvalue weighted by molar-refractivity contribution is 0.0949. The number of rotatable bonds is 6. The van der Waals surface area contributed by atoms with E-state index in [1.165, 1.54) is 6.20 Å². The van der Waals surface area contributed by atoms with E-state index >= 15 is 0 Å². The quantitative estimate of drug-likeness (QED) is 0.638. The predicted molar refractivity (Wildman–Crippen MR) is 106 cm³/mol. The molecule has 0 bridgehead atoms. The number of nitrogens with one attached hydrogen (secondary N) is 3. The molecule has 1 heterocycles. The Labute approximate surface area is 152 Å². The molecule has 1 unspecified atom stereocenters. The fraction of sp³-hybridized carbons (Fsp3) is 0.238. The number of amides is 1. The SMILES string of the molecule is CC(C)C(CNC(=O)c1c[nH]c2ccccc2c1=O)Nc1ccccc1. The molecule has 2 aromatic carbocycles. The summed E-state index contributed by atoms with van der Waals surface area (Å²) in [7, 11) is 0. The smallest absolute Gasteiger partial charge is 0.256 e. The summed E-state index contributed by atoms with van der Waals surface area (Å²) in [6.07, 6.45) is 1.48. The zero-order valence-electron chi connectivity index (χ0n) is 15.0. The van der Waals surface area contributed by atoms with Gasteiger partial charge in [-0.25, -0.2) is 0 Å². The second-order valence-corrected chi connectivity index (χ2v) is 6.65. The Morgan fingerprint density at radius 3 is 2.46 bits per heavy atom. The monoisotopic (exact) mass is 349 g/mol. The second-order valence-electron chi connectivity index (χ2n) is 6.65. The van der Waals surface area contributed by atoms with E-state index in [4.69, 9.17) is 0 Å². The molecule has 0 spiro atoms. The Morgan fingerprint density at radius 1 is 1.04 bits per heavy atom. The van der Waals surface area contributed by atoms with E-state index < -0.39 is 0 Å². The molecule has 0 saturated heterocycles. The largest absolute Gasteiger partial charge is 0.380 e. The molecule has 0 aliphatic rings.